The summed E-state index contributed by atoms with van der Waals surface area (Å²) in [5, 5.41) is 10.3. The van der Waals surface area contributed by atoms with E-state index in [0.717, 1.165) is 0 Å². The summed E-state index contributed by atoms with van der Waals surface area (Å²) >= 11 is 0. The highest BCUT2D eigenvalue weighted by Gasteiger charge is 2.11. The van der Waals surface area contributed by atoms with Crippen molar-refractivity contribution >= 4 is 22.4 Å². The van der Waals surface area contributed by atoms with Crippen LogP contribution in [0.3, 0.4) is 0 Å². The molecule has 1 amide bonds. The third kappa shape index (κ3) is 3.86. The molecule has 0 aliphatic carbocycles. The second kappa shape index (κ2) is 6.76. The van der Waals surface area contributed by atoms with Crippen molar-refractivity contribution in [3.63, 3.8) is 0 Å². The van der Waals surface area contributed by atoms with Gasteiger partial charge in [0.05, 0.1) is 17.9 Å². The Bertz CT molecular complexity index is 602. The molecule has 104 valence electrons. The van der Waals surface area contributed by atoms with Gasteiger partial charge in [0, 0.05) is 11.9 Å². The number of hydrogen-bond donors (Lipinski definition) is 1. The number of nitrogens with one attached hydrogen (secondary N) is 1. The number of anilines is 1. The molecule has 1 heterocycles. The van der Waals surface area contributed by atoms with Crippen molar-refractivity contribution in [2.45, 2.75) is 5.03 Å². The summed E-state index contributed by atoms with van der Waals surface area (Å²) in [4.78, 5) is 11.8. The summed E-state index contributed by atoms with van der Waals surface area (Å²) in [5.74, 6) is 0.190. The van der Waals surface area contributed by atoms with Gasteiger partial charge in [0.15, 0.2) is 0 Å². The van der Waals surface area contributed by atoms with Crippen LogP contribution in [0.5, 0.6) is 5.75 Å². The average Bonchev–Trinajstić information content (AvgIpc) is 2.49. The normalized spacial score (nSPS) is 11.7. The predicted molar refractivity (Wildman–Crippen MR) is 74.9 cm³/mol. The fourth-order valence-corrected chi connectivity index (χ4v) is 2.30. The molecule has 1 N–H and O–H groups in total. The first kappa shape index (κ1) is 14.1. The molecule has 1 unspecified atom stereocenters. The van der Waals surface area contributed by atoms with Gasteiger partial charge in [-0.15, -0.1) is 5.10 Å². The Morgan fingerprint density at radius 2 is 2.05 bits per heavy atom. The minimum Gasteiger partial charge on any atom is -0.497 e. The molecule has 1 aromatic carbocycles. The molecule has 1 atom stereocenters. The van der Waals surface area contributed by atoms with Crippen molar-refractivity contribution in [1.29, 1.82) is 0 Å². The standard InChI is InChI=1S/C13H13N3O3S/c1-19-11-6-4-10(5-7-11)15-12(17)9-20(18)13-3-2-8-14-16-13/h2-8H,9H2,1H3,(H,15,17). The molecule has 0 bridgehead atoms. The topological polar surface area (TPSA) is 81.2 Å². The fraction of sp³-hybridized carbons (Fsp3) is 0.154. The number of hydrogen-bond acceptors (Lipinski definition) is 5. The van der Waals surface area contributed by atoms with E-state index >= 15 is 0 Å². The van der Waals surface area contributed by atoms with Crippen molar-refractivity contribution in [2.75, 3.05) is 18.2 Å². The highest BCUT2D eigenvalue weighted by atomic mass is 32.2. The average molecular weight is 291 g/mol. The smallest absolute Gasteiger partial charge is 0.237 e. The van der Waals surface area contributed by atoms with Gasteiger partial charge in [-0.25, -0.2) is 0 Å². The first-order valence-electron chi connectivity index (χ1n) is 5.79. The van der Waals surface area contributed by atoms with E-state index in [4.69, 9.17) is 4.74 Å². The molecule has 1 aromatic heterocycles. The highest BCUT2D eigenvalue weighted by Crippen LogP contribution is 2.15. The third-order valence-corrected chi connectivity index (χ3v) is 3.63. The van der Waals surface area contributed by atoms with Gasteiger partial charge in [0.1, 0.15) is 16.5 Å². The quantitative estimate of drug-likeness (QED) is 0.896. The molecule has 0 spiro atoms. The molecular weight excluding hydrogens is 278 g/mol. The van der Waals surface area contributed by atoms with E-state index in [1.165, 1.54) is 6.20 Å². The minimum absolute atomic E-state index is 0.162. The monoisotopic (exact) mass is 291 g/mol. The minimum atomic E-state index is -1.50. The maximum atomic E-state index is 11.9. The molecule has 7 heteroatoms. The molecule has 0 saturated carbocycles. The highest BCUT2D eigenvalue weighted by molar-refractivity contribution is 7.85. The molecule has 20 heavy (non-hydrogen) atoms. The van der Waals surface area contributed by atoms with Gasteiger partial charge in [0.25, 0.3) is 0 Å². The number of carbonyl (C=O) groups is 1. The van der Waals surface area contributed by atoms with Crippen LogP contribution in [0.15, 0.2) is 47.6 Å². The van der Waals surface area contributed by atoms with Crippen LogP contribution in [-0.4, -0.2) is 33.2 Å². The van der Waals surface area contributed by atoms with Crippen LogP contribution in [-0.2, 0) is 15.6 Å². The van der Waals surface area contributed by atoms with Crippen LogP contribution in [0, 0.1) is 0 Å². The fourth-order valence-electron chi connectivity index (χ4n) is 1.47. The van der Waals surface area contributed by atoms with Gasteiger partial charge < -0.3 is 10.1 Å². The second-order valence-corrected chi connectivity index (χ2v) is 5.23. The lowest BCUT2D eigenvalue weighted by molar-refractivity contribution is -0.113. The number of ether oxygens (including phenoxy) is 1. The molecule has 2 aromatic rings. The molecule has 6 nitrogen and oxygen atoms in total. The van der Waals surface area contributed by atoms with Crippen LogP contribution < -0.4 is 10.1 Å². The Morgan fingerprint density at radius 1 is 1.30 bits per heavy atom. The van der Waals surface area contributed by atoms with Crippen molar-refractivity contribution in [3.05, 3.63) is 42.6 Å². The molecule has 0 aliphatic rings. The van der Waals surface area contributed by atoms with E-state index < -0.39 is 10.8 Å². The predicted octanol–water partition coefficient (Wildman–Crippen LogP) is 1.23. The van der Waals surface area contributed by atoms with Gasteiger partial charge in [-0.05, 0) is 36.4 Å². The van der Waals surface area contributed by atoms with E-state index in [9.17, 15) is 9.00 Å². The van der Waals surface area contributed by atoms with E-state index in [2.05, 4.69) is 15.5 Å². The zero-order valence-electron chi connectivity index (χ0n) is 10.8. The maximum absolute atomic E-state index is 11.9. The molecule has 2 rings (SSSR count). The molecule has 0 fully saturated rings. The van der Waals surface area contributed by atoms with Crippen molar-refractivity contribution in [1.82, 2.24) is 10.2 Å². The van der Waals surface area contributed by atoms with Crippen molar-refractivity contribution in [3.8, 4) is 5.75 Å². The van der Waals surface area contributed by atoms with Gasteiger partial charge in [-0.3, -0.25) is 9.00 Å². The maximum Gasteiger partial charge on any atom is 0.237 e. The summed E-state index contributed by atoms with van der Waals surface area (Å²) in [5.41, 5.74) is 0.618. The van der Waals surface area contributed by atoms with Crippen LogP contribution in [0.25, 0.3) is 0 Å². The van der Waals surface area contributed by atoms with Crippen LogP contribution in [0.1, 0.15) is 0 Å². The third-order valence-electron chi connectivity index (χ3n) is 2.42. The number of carbonyl (C=O) groups excluding carboxylic acids is 1. The lowest BCUT2D eigenvalue weighted by atomic mass is 10.3. The SMILES string of the molecule is COc1ccc(NC(=O)CS(=O)c2cccnn2)cc1. The van der Waals surface area contributed by atoms with E-state index in [0.29, 0.717) is 11.4 Å². The van der Waals surface area contributed by atoms with Crippen LogP contribution in [0.4, 0.5) is 5.69 Å². The molecule has 0 radical (unpaired) electrons. The van der Waals surface area contributed by atoms with E-state index in [1.807, 2.05) is 0 Å². The number of rotatable bonds is 5. The Hall–Kier alpha value is -2.28. The zero-order chi connectivity index (χ0) is 14.4. The lowest BCUT2D eigenvalue weighted by Gasteiger charge is -2.06. The van der Waals surface area contributed by atoms with Crippen molar-refractivity contribution < 1.29 is 13.7 Å². The Labute approximate surface area is 118 Å². The van der Waals surface area contributed by atoms with Gasteiger partial charge in [0.2, 0.25) is 5.91 Å². The summed E-state index contributed by atoms with van der Waals surface area (Å²) in [7, 11) is 0.0636. The summed E-state index contributed by atoms with van der Waals surface area (Å²) in [6, 6.07) is 10.1. The zero-order valence-corrected chi connectivity index (χ0v) is 11.6. The largest absolute Gasteiger partial charge is 0.497 e. The first-order valence-corrected chi connectivity index (χ1v) is 7.11. The van der Waals surface area contributed by atoms with E-state index in [-0.39, 0.29) is 16.7 Å². The Kier molecular flexibility index (Phi) is 4.78. The number of benzene rings is 1. The van der Waals surface area contributed by atoms with E-state index in [1.54, 1.807) is 43.5 Å². The molecule has 0 saturated heterocycles. The second-order valence-electron chi connectivity index (χ2n) is 3.83. The Morgan fingerprint density at radius 3 is 2.65 bits per heavy atom. The number of aromatic nitrogens is 2. The van der Waals surface area contributed by atoms with Gasteiger partial charge in [-0.2, -0.15) is 5.10 Å². The number of nitrogens with zero attached hydrogens (tertiary/aromatic N) is 2. The number of amides is 1. The summed E-state index contributed by atoms with van der Waals surface area (Å²) in [6.07, 6.45) is 1.48. The van der Waals surface area contributed by atoms with Gasteiger partial charge >= 0.3 is 0 Å². The summed E-state index contributed by atoms with van der Waals surface area (Å²) < 4.78 is 16.9. The first-order chi connectivity index (χ1) is 9.69. The lowest BCUT2D eigenvalue weighted by Crippen LogP contribution is -2.20. The van der Waals surface area contributed by atoms with Crippen molar-refractivity contribution in [2.24, 2.45) is 0 Å². The van der Waals surface area contributed by atoms with Gasteiger partial charge in [-0.1, -0.05) is 0 Å². The molecule has 0 aliphatic heterocycles. The summed E-state index contributed by atoms with van der Waals surface area (Å²) in [6.45, 7) is 0. The Balaban J connectivity index is 1.93. The van der Waals surface area contributed by atoms with Crippen LogP contribution in [0.2, 0.25) is 0 Å². The molecular formula is C13H13N3O3S. The van der Waals surface area contributed by atoms with Crippen LogP contribution >= 0.6 is 0 Å². The number of methoxy groups -OCH3 is 1.